The van der Waals surface area contributed by atoms with Crippen LogP contribution < -0.4 is 10.5 Å². The Bertz CT molecular complexity index is 1200. The lowest BCUT2D eigenvalue weighted by Gasteiger charge is -2.26. The lowest BCUT2D eigenvalue weighted by Crippen LogP contribution is -2.38. The number of nitrogens with two attached hydrogens (primary N) is 1. The van der Waals surface area contributed by atoms with Crippen LogP contribution in [0.2, 0.25) is 0 Å². The van der Waals surface area contributed by atoms with E-state index in [4.69, 9.17) is 15.2 Å². The van der Waals surface area contributed by atoms with E-state index in [0.717, 1.165) is 44.2 Å². The first kappa shape index (κ1) is 23.5. The highest BCUT2D eigenvalue weighted by Crippen LogP contribution is 2.37. The van der Waals surface area contributed by atoms with E-state index in [-0.39, 0.29) is 11.4 Å². The van der Waals surface area contributed by atoms with Crippen molar-refractivity contribution in [3.05, 3.63) is 65.5 Å². The maximum atomic E-state index is 9.96. The van der Waals surface area contributed by atoms with Crippen molar-refractivity contribution in [3.8, 4) is 29.0 Å². The van der Waals surface area contributed by atoms with Crippen molar-refractivity contribution in [1.29, 1.82) is 10.5 Å². The van der Waals surface area contributed by atoms with E-state index >= 15 is 0 Å². The topological polar surface area (TPSA) is 121 Å². The lowest BCUT2D eigenvalue weighted by molar-refractivity contribution is 0.0322. The van der Waals surface area contributed by atoms with E-state index in [2.05, 4.69) is 27.0 Å². The smallest absolute Gasteiger partial charge is 0.143 e. The molecular weight excluding hydrogens is 448 g/mol. The first-order valence-electron chi connectivity index (χ1n) is 10.9. The van der Waals surface area contributed by atoms with Gasteiger partial charge in [0.1, 0.15) is 40.9 Å². The fourth-order valence-electron chi connectivity index (χ4n) is 3.66. The molecule has 0 unspecified atom stereocenters. The minimum atomic E-state index is 0.107. The second kappa shape index (κ2) is 11.5. The van der Waals surface area contributed by atoms with E-state index in [1.807, 2.05) is 36.4 Å². The molecule has 0 bridgehead atoms. The summed E-state index contributed by atoms with van der Waals surface area (Å²) in [4.78, 5) is 10.8. The number of nitrogens with zero attached hydrogens (tertiary/aromatic N) is 5. The van der Waals surface area contributed by atoms with Crippen LogP contribution in [0.1, 0.15) is 16.7 Å². The van der Waals surface area contributed by atoms with Crippen molar-refractivity contribution in [2.75, 3.05) is 45.2 Å². The van der Waals surface area contributed by atoms with E-state index in [1.165, 1.54) is 11.8 Å². The third kappa shape index (κ3) is 5.64. The van der Waals surface area contributed by atoms with E-state index in [9.17, 15) is 10.5 Å². The molecule has 1 aliphatic rings. The number of morpholine rings is 1. The zero-order chi connectivity index (χ0) is 23.8. The summed E-state index contributed by atoms with van der Waals surface area (Å²) in [6.45, 7) is 4.76. The van der Waals surface area contributed by atoms with Crippen LogP contribution in [-0.2, 0) is 10.5 Å². The molecule has 0 aliphatic carbocycles. The minimum Gasteiger partial charge on any atom is -0.492 e. The second-order valence-corrected chi connectivity index (χ2v) is 8.59. The summed E-state index contributed by atoms with van der Waals surface area (Å²) in [5.41, 5.74) is 8.86. The zero-order valence-electron chi connectivity index (χ0n) is 18.6. The van der Waals surface area contributed by atoms with Crippen LogP contribution in [0.25, 0.3) is 11.1 Å². The summed E-state index contributed by atoms with van der Waals surface area (Å²) in [6, 6.07) is 15.5. The molecule has 0 radical (unpaired) electrons. The Morgan fingerprint density at radius 3 is 2.53 bits per heavy atom. The number of ether oxygens (including phenoxy) is 2. The third-order valence-electron chi connectivity index (χ3n) is 5.44. The molecule has 0 saturated carbocycles. The summed E-state index contributed by atoms with van der Waals surface area (Å²) in [5, 5.41) is 20.2. The van der Waals surface area contributed by atoms with Gasteiger partial charge in [-0.25, -0.2) is 4.98 Å². The molecule has 9 heteroatoms. The average molecular weight is 473 g/mol. The van der Waals surface area contributed by atoms with Gasteiger partial charge in [0.2, 0.25) is 0 Å². The summed E-state index contributed by atoms with van der Waals surface area (Å²) in [7, 11) is 0. The van der Waals surface area contributed by atoms with Gasteiger partial charge in [-0.15, -0.1) is 11.8 Å². The minimum absolute atomic E-state index is 0.107. The van der Waals surface area contributed by atoms with E-state index in [0.29, 0.717) is 34.1 Å². The van der Waals surface area contributed by atoms with Crippen molar-refractivity contribution in [1.82, 2.24) is 14.9 Å². The number of thioether (sulfide) groups is 1. The van der Waals surface area contributed by atoms with Gasteiger partial charge in [0.05, 0.1) is 18.8 Å². The highest BCUT2D eigenvalue weighted by Gasteiger charge is 2.20. The van der Waals surface area contributed by atoms with Crippen LogP contribution in [0.4, 0.5) is 5.82 Å². The molecule has 0 atom stereocenters. The fourth-order valence-corrected chi connectivity index (χ4v) is 4.59. The monoisotopic (exact) mass is 472 g/mol. The molecule has 8 nitrogen and oxygen atoms in total. The number of benzene rings is 1. The Morgan fingerprint density at radius 2 is 1.85 bits per heavy atom. The number of hydrogen-bond donors (Lipinski definition) is 1. The van der Waals surface area contributed by atoms with Crippen LogP contribution in [0, 0.1) is 22.7 Å². The maximum absolute atomic E-state index is 9.96. The summed E-state index contributed by atoms with van der Waals surface area (Å²) in [6.07, 6.45) is 3.48. The van der Waals surface area contributed by atoms with Crippen molar-refractivity contribution in [3.63, 3.8) is 0 Å². The Labute approximate surface area is 202 Å². The summed E-state index contributed by atoms with van der Waals surface area (Å²) in [5.74, 6) is 1.41. The highest BCUT2D eigenvalue weighted by molar-refractivity contribution is 7.98. The largest absolute Gasteiger partial charge is 0.492 e. The van der Waals surface area contributed by atoms with Crippen LogP contribution in [0.5, 0.6) is 5.75 Å². The SMILES string of the molecule is N#Cc1c(N)nc(SCc2cccnc2)c(C#N)c1-c1ccc(OCCN2CCOCC2)cc1. The standard InChI is InChI=1S/C25H24N6O2S/c26-14-21-23(19-3-5-20(6-4-19)33-13-10-31-8-11-32-12-9-31)22(15-27)25(30-24(21)28)34-17-18-2-1-7-29-16-18/h1-7,16H,8-13,17H2,(H2,28,30). The summed E-state index contributed by atoms with van der Waals surface area (Å²) >= 11 is 1.39. The van der Waals surface area contributed by atoms with E-state index in [1.54, 1.807) is 12.4 Å². The molecule has 2 aromatic heterocycles. The van der Waals surface area contributed by atoms with Gasteiger partial charge in [0.25, 0.3) is 0 Å². The Balaban J connectivity index is 1.54. The Hall–Kier alpha value is -3.63. The third-order valence-corrected chi connectivity index (χ3v) is 6.48. The van der Waals surface area contributed by atoms with Gasteiger partial charge in [-0.3, -0.25) is 9.88 Å². The zero-order valence-corrected chi connectivity index (χ0v) is 19.4. The normalized spacial score (nSPS) is 13.7. The van der Waals surface area contributed by atoms with Crippen molar-refractivity contribution >= 4 is 17.6 Å². The van der Waals surface area contributed by atoms with Gasteiger partial charge < -0.3 is 15.2 Å². The van der Waals surface area contributed by atoms with Gasteiger partial charge >= 0.3 is 0 Å². The number of anilines is 1. The molecule has 1 fully saturated rings. The van der Waals surface area contributed by atoms with E-state index < -0.39 is 0 Å². The molecule has 3 heterocycles. The van der Waals surface area contributed by atoms with Crippen LogP contribution in [-0.4, -0.2) is 54.3 Å². The molecule has 4 rings (SSSR count). The fraction of sp³-hybridized carbons (Fsp3) is 0.280. The number of rotatable bonds is 8. The highest BCUT2D eigenvalue weighted by atomic mass is 32.2. The van der Waals surface area contributed by atoms with Gasteiger partial charge in [0.15, 0.2) is 0 Å². The molecule has 2 N–H and O–H groups in total. The number of pyridine rings is 2. The quantitative estimate of drug-likeness (QED) is 0.491. The van der Waals surface area contributed by atoms with Crippen molar-refractivity contribution in [2.24, 2.45) is 0 Å². The molecule has 1 aromatic carbocycles. The van der Waals surface area contributed by atoms with Gasteiger partial charge in [-0.05, 0) is 29.3 Å². The first-order valence-corrected chi connectivity index (χ1v) is 11.9. The summed E-state index contributed by atoms with van der Waals surface area (Å²) < 4.78 is 11.3. The van der Waals surface area contributed by atoms with Gasteiger partial charge in [-0.1, -0.05) is 18.2 Å². The maximum Gasteiger partial charge on any atom is 0.143 e. The molecule has 3 aromatic rings. The van der Waals surface area contributed by atoms with Gasteiger partial charge in [-0.2, -0.15) is 10.5 Å². The van der Waals surface area contributed by atoms with Crippen LogP contribution in [0.3, 0.4) is 0 Å². The van der Waals surface area contributed by atoms with Gasteiger partial charge in [0, 0.05) is 43.3 Å². The Kier molecular flexibility index (Phi) is 7.95. The Morgan fingerprint density at radius 1 is 1.09 bits per heavy atom. The number of nitrogen functional groups attached to an aromatic ring is 1. The first-order chi connectivity index (χ1) is 16.7. The number of aromatic nitrogens is 2. The predicted octanol–water partition coefficient (Wildman–Crippen LogP) is 3.47. The molecule has 172 valence electrons. The number of nitriles is 2. The van der Waals surface area contributed by atoms with Crippen molar-refractivity contribution in [2.45, 2.75) is 10.8 Å². The second-order valence-electron chi connectivity index (χ2n) is 7.63. The van der Waals surface area contributed by atoms with Crippen LogP contribution in [0.15, 0.2) is 53.8 Å². The lowest BCUT2D eigenvalue weighted by atomic mass is 9.97. The molecule has 0 amide bonds. The molecule has 0 spiro atoms. The van der Waals surface area contributed by atoms with Crippen molar-refractivity contribution < 1.29 is 9.47 Å². The molecule has 1 saturated heterocycles. The predicted molar refractivity (Wildman–Crippen MR) is 130 cm³/mol. The molecule has 1 aliphatic heterocycles. The van der Waals surface area contributed by atoms with Crippen LogP contribution >= 0.6 is 11.8 Å². The number of hydrogen-bond acceptors (Lipinski definition) is 9. The molecular formula is C25H24N6O2S. The average Bonchev–Trinajstić information content (AvgIpc) is 2.88. The molecule has 34 heavy (non-hydrogen) atoms.